The first-order valence-corrected chi connectivity index (χ1v) is 6.27. The van der Waals surface area contributed by atoms with Gasteiger partial charge in [0.15, 0.2) is 11.8 Å². The van der Waals surface area contributed by atoms with Crippen molar-refractivity contribution in [1.82, 2.24) is 0 Å². The molecule has 1 aromatic rings. The average molecular weight is 281 g/mol. The average Bonchev–Trinajstić information content (AvgIpc) is 2.46. The van der Waals surface area contributed by atoms with Crippen molar-refractivity contribution >= 4 is 17.4 Å². The van der Waals surface area contributed by atoms with Crippen LogP contribution in [0.5, 0.6) is 0 Å². The van der Waals surface area contributed by atoms with Gasteiger partial charge < -0.3 is 14.4 Å². The van der Waals surface area contributed by atoms with Crippen molar-refractivity contribution in [1.29, 1.82) is 0 Å². The van der Waals surface area contributed by atoms with E-state index in [1.807, 2.05) is 0 Å². The van der Waals surface area contributed by atoms with E-state index in [1.54, 1.807) is 11.0 Å². The van der Waals surface area contributed by atoms with Gasteiger partial charge in [-0.25, -0.2) is 9.18 Å². The van der Waals surface area contributed by atoms with Crippen LogP contribution in [0.2, 0.25) is 0 Å². The second-order valence-corrected chi connectivity index (χ2v) is 4.53. The van der Waals surface area contributed by atoms with Crippen LogP contribution in [0.25, 0.3) is 0 Å². The maximum Gasteiger partial charge on any atom is 0.330 e. The highest BCUT2D eigenvalue weighted by molar-refractivity contribution is 5.94. The van der Waals surface area contributed by atoms with Crippen LogP contribution in [0, 0.1) is 5.82 Å². The molecule has 5 nitrogen and oxygen atoms in total. The molecule has 0 amide bonds. The van der Waals surface area contributed by atoms with E-state index in [9.17, 15) is 14.0 Å². The van der Waals surface area contributed by atoms with Gasteiger partial charge in [0.1, 0.15) is 5.82 Å². The van der Waals surface area contributed by atoms with Gasteiger partial charge in [-0.05, 0) is 25.1 Å². The summed E-state index contributed by atoms with van der Waals surface area (Å²) in [5.41, 5.74) is 0.572. The largest absolute Gasteiger partial charge is 0.467 e. The van der Waals surface area contributed by atoms with E-state index in [2.05, 4.69) is 0 Å². The van der Waals surface area contributed by atoms with Crippen LogP contribution in [-0.4, -0.2) is 44.7 Å². The van der Waals surface area contributed by atoms with Crippen LogP contribution < -0.4 is 4.90 Å². The fourth-order valence-corrected chi connectivity index (χ4v) is 2.18. The highest BCUT2D eigenvalue weighted by Crippen LogP contribution is 2.25. The molecule has 1 unspecified atom stereocenters. The lowest BCUT2D eigenvalue weighted by Crippen LogP contribution is -2.51. The Kier molecular flexibility index (Phi) is 4.34. The molecule has 1 aliphatic rings. The predicted octanol–water partition coefficient (Wildman–Crippen LogP) is 1.41. The summed E-state index contributed by atoms with van der Waals surface area (Å²) in [6.45, 7) is 2.32. The van der Waals surface area contributed by atoms with Gasteiger partial charge in [0.2, 0.25) is 0 Å². The number of carbonyl (C=O) groups is 2. The Bertz CT molecular complexity index is 532. The maximum absolute atomic E-state index is 14.1. The number of halogens is 1. The minimum Gasteiger partial charge on any atom is -0.467 e. The normalized spacial score (nSPS) is 18.8. The third kappa shape index (κ3) is 2.80. The first kappa shape index (κ1) is 14.5. The Morgan fingerprint density at radius 2 is 2.20 bits per heavy atom. The smallest absolute Gasteiger partial charge is 0.330 e. The monoisotopic (exact) mass is 281 g/mol. The summed E-state index contributed by atoms with van der Waals surface area (Å²) in [6.07, 6.45) is 0. The number of methoxy groups -OCH3 is 1. The molecular formula is C14H16FNO4. The molecule has 108 valence electrons. The van der Waals surface area contributed by atoms with Gasteiger partial charge in [0.05, 0.1) is 26.0 Å². The molecule has 1 fully saturated rings. The zero-order chi connectivity index (χ0) is 14.7. The van der Waals surface area contributed by atoms with Crippen LogP contribution in [0.3, 0.4) is 0 Å². The molecular weight excluding hydrogens is 265 g/mol. The van der Waals surface area contributed by atoms with Crippen LogP contribution in [0.1, 0.15) is 17.3 Å². The topological polar surface area (TPSA) is 55.8 Å². The molecule has 0 radical (unpaired) electrons. The van der Waals surface area contributed by atoms with Crippen molar-refractivity contribution in [3.05, 3.63) is 29.6 Å². The van der Waals surface area contributed by atoms with Gasteiger partial charge in [-0.15, -0.1) is 0 Å². The van der Waals surface area contributed by atoms with E-state index < -0.39 is 17.8 Å². The Morgan fingerprint density at radius 1 is 1.45 bits per heavy atom. The minimum absolute atomic E-state index is 0.153. The van der Waals surface area contributed by atoms with Crippen LogP contribution in [0.4, 0.5) is 10.1 Å². The predicted molar refractivity (Wildman–Crippen MR) is 70.4 cm³/mol. The second-order valence-electron chi connectivity index (χ2n) is 4.53. The molecule has 1 aromatic carbocycles. The Hall–Kier alpha value is -1.95. The zero-order valence-corrected chi connectivity index (χ0v) is 11.4. The van der Waals surface area contributed by atoms with Crippen LogP contribution in [-0.2, 0) is 14.3 Å². The summed E-state index contributed by atoms with van der Waals surface area (Å²) >= 11 is 0. The third-order valence-electron chi connectivity index (χ3n) is 3.27. The standard InChI is InChI=1S/C14H16FNO4/c1-9(17)10-3-4-12(11(15)7-10)16-5-6-20-8-13(16)14(18)19-2/h3-4,7,13H,5-6,8H2,1-2H3. The molecule has 0 aliphatic carbocycles. The summed E-state index contributed by atoms with van der Waals surface area (Å²) in [6, 6.07) is 3.56. The Labute approximate surface area is 116 Å². The maximum atomic E-state index is 14.1. The molecule has 0 saturated carbocycles. The number of anilines is 1. The Balaban J connectivity index is 2.32. The Morgan fingerprint density at radius 3 is 2.80 bits per heavy atom. The second kappa shape index (κ2) is 6.00. The van der Waals surface area contributed by atoms with Crippen molar-refractivity contribution in [2.24, 2.45) is 0 Å². The SMILES string of the molecule is COC(=O)C1COCCN1c1ccc(C(C)=O)cc1F. The van der Waals surface area contributed by atoms with Gasteiger partial charge in [-0.3, -0.25) is 4.79 Å². The van der Waals surface area contributed by atoms with Crippen molar-refractivity contribution in [3.8, 4) is 0 Å². The van der Waals surface area contributed by atoms with Crippen molar-refractivity contribution in [3.63, 3.8) is 0 Å². The summed E-state index contributed by atoms with van der Waals surface area (Å²) in [5, 5.41) is 0. The number of hydrogen-bond donors (Lipinski definition) is 0. The number of ketones is 1. The number of Topliss-reactive ketones (excluding diaryl/α,β-unsaturated/α-hetero) is 1. The van der Waals surface area contributed by atoms with Gasteiger partial charge in [-0.1, -0.05) is 0 Å². The lowest BCUT2D eigenvalue weighted by molar-refractivity contribution is -0.144. The number of hydrogen-bond acceptors (Lipinski definition) is 5. The first-order valence-electron chi connectivity index (χ1n) is 6.27. The van der Waals surface area contributed by atoms with E-state index in [4.69, 9.17) is 9.47 Å². The molecule has 0 bridgehead atoms. The lowest BCUT2D eigenvalue weighted by Gasteiger charge is -2.35. The number of benzene rings is 1. The van der Waals surface area contributed by atoms with E-state index in [0.29, 0.717) is 18.7 Å². The van der Waals surface area contributed by atoms with Gasteiger partial charge >= 0.3 is 5.97 Å². The fraction of sp³-hybridized carbons (Fsp3) is 0.429. The summed E-state index contributed by atoms with van der Waals surface area (Å²) in [4.78, 5) is 24.6. The van der Waals surface area contributed by atoms with Crippen molar-refractivity contribution in [2.45, 2.75) is 13.0 Å². The molecule has 0 aromatic heterocycles. The number of carbonyl (C=O) groups excluding carboxylic acids is 2. The minimum atomic E-state index is -0.675. The van der Waals surface area contributed by atoms with E-state index >= 15 is 0 Å². The third-order valence-corrected chi connectivity index (χ3v) is 3.27. The van der Waals surface area contributed by atoms with E-state index in [-0.39, 0.29) is 18.1 Å². The number of nitrogens with zero attached hydrogens (tertiary/aromatic N) is 1. The number of esters is 1. The van der Waals surface area contributed by atoms with Gasteiger partial charge in [-0.2, -0.15) is 0 Å². The highest BCUT2D eigenvalue weighted by atomic mass is 19.1. The first-order chi connectivity index (χ1) is 9.54. The molecule has 20 heavy (non-hydrogen) atoms. The quantitative estimate of drug-likeness (QED) is 0.619. The molecule has 1 atom stereocenters. The van der Waals surface area contributed by atoms with Crippen LogP contribution in [0.15, 0.2) is 18.2 Å². The van der Waals surface area contributed by atoms with Gasteiger partial charge in [0.25, 0.3) is 0 Å². The summed E-state index contributed by atoms with van der Waals surface area (Å²) < 4.78 is 24.1. The summed E-state index contributed by atoms with van der Waals surface area (Å²) in [7, 11) is 1.28. The highest BCUT2D eigenvalue weighted by Gasteiger charge is 2.32. The van der Waals surface area contributed by atoms with Crippen LogP contribution >= 0.6 is 0 Å². The molecule has 1 heterocycles. The van der Waals surface area contributed by atoms with Crippen molar-refractivity contribution in [2.75, 3.05) is 31.8 Å². The number of ether oxygens (including phenoxy) is 2. The number of rotatable bonds is 3. The fourth-order valence-electron chi connectivity index (χ4n) is 2.18. The molecule has 1 aliphatic heterocycles. The van der Waals surface area contributed by atoms with Crippen molar-refractivity contribution < 1.29 is 23.5 Å². The lowest BCUT2D eigenvalue weighted by atomic mass is 10.1. The number of morpholine rings is 1. The van der Waals surface area contributed by atoms with E-state index in [1.165, 1.54) is 26.2 Å². The molecule has 6 heteroatoms. The molecule has 0 spiro atoms. The molecule has 2 rings (SSSR count). The summed E-state index contributed by atoms with van der Waals surface area (Å²) in [5.74, 6) is -1.21. The van der Waals surface area contributed by atoms with E-state index in [0.717, 1.165) is 0 Å². The van der Waals surface area contributed by atoms with Gasteiger partial charge in [0, 0.05) is 12.1 Å². The molecule has 1 saturated heterocycles. The zero-order valence-electron chi connectivity index (χ0n) is 11.4. The molecule has 0 N–H and O–H groups in total.